The van der Waals surface area contributed by atoms with Crippen molar-refractivity contribution < 1.29 is 9.21 Å². The van der Waals surface area contributed by atoms with Crippen molar-refractivity contribution in [1.82, 2.24) is 4.90 Å². The number of rotatable bonds is 3. The van der Waals surface area contributed by atoms with E-state index in [9.17, 15) is 4.79 Å². The zero-order valence-electron chi connectivity index (χ0n) is 7.63. The molecule has 0 N–H and O–H groups in total. The molecule has 1 aromatic rings. The lowest BCUT2D eigenvalue weighted by Gasteiger charge is -2.06. The molecule has 3 nitrogen and oxygen atoms in total. The van der Waals surface area contributed by atoms with E-state index in [0.717, 1.165) is 18.4 Å². The van der Waals surface area contributed by atoms with Gasteiger partial charge in [0.05, 0.1) is 11.8 Å². The standard InChI is InChI=1S/C9H13NO2/c1-7-9(5-11)8(6-12-7)4-10(2)3/h5-6H,4H2,1-3H3. The molecular formula is C9H13NO2. The van der Waals surface area contributed by atoms with Crippen LogP contribution in [0, 0.1) is 6.92 Å². The number of nitrogens with zero attached hydrogens (tertiary/aromatic N) is 1. The van der Waals surface area contributed by atoms with Gasteiger partial charge in [0.2, 0.25) is 0 Å². The SMILES string of the molecule is Cc1occ(CN(C)C)c1C=O. The molecule has 0 bridgehead atoms. The Morgan fingerprint density at radius 1 is 1.58 bits per heavy atom. The van der Waals surface area contributed by atoms with Crippen molar-refractivity contribution in [2.75, 3.05) is 14.1 Å². The Morgan fingerprint density at radius 3 is 2.75 bits per heavy atom. The van der Waals surface area contributed by atoms with E-state index in [-0.39, 0.29) is 0 Å². The van der Waals surface area contributed by atoms with Crippen LogP contribution in [0.25, 0.3) is 0 Å². The molecule has 0 unspecified atom stereocenters. The second-order valence-corrected chi connectivity index (χ2v) is 3.09. The summed E-state index contributed by atoms with van der Waals surface area (Å²) in [5, 5.41) is 0. The van der Waals surface area contributed by atoms with Crippen molar-refractivity contribution in [3.8, 4) is 0 Å². The van der Waals surface area contributed by atoms with Gasteiger partial charge in [-0.3, -0.25) is 4.79 Å². The second kappa shape index (κ2) is 3.54. The predicted molar refractivity (Wildman–Crippen MR) is 46.2 cm³/mol. The molecule has 0 atom stereocenters. The fourth-order valence-electron chi connectivity index (χ4n) is 1.13. The lowest BCUT2D eigenvalue weighted by Crippen LogP contribution is -2.11. The molecule has 0 fully saturated rings. The van der Waals surface area contributed by atoms with Crippen LogP contribution < -0.4 is 0 Å². The molecule has 0 aliphatic rings. The van der Waals surface area contributed by atoms with Gasteiger partial charge >= 0.3 is 0 Å². The summed E-state index contributed by atoms with van der Waals surface area (Å²) >= 11 is 0. The van der Waals surface area contributed by atoms with Gasteiger partial charge in [0.1, 0.15) is 5.76 Å². The van der Waals surface area contributed by atoms with Crippen LogP contribution in [0.3, 0.4) is 0 Å². The highest BCUT2D eigenvalue weighted by Crippen LogP contribution is 2.15. The Balaban J connectivity index is 2.91. The van der Waals surface area contributed by atoms with Crippen LogP contribution in [-0.4, -0.2) is 25.3 Å². The van der Waals surface area contributed by atoms with Crippen molar-refractivity contribution in [3.05, 3.63) is 23.2 Å². The van der Waals surface area contributed by atoms with E-state index in [0.29, 0.717) is 11.3 Å². The maximum Gasteiger partial charge on any atom is 0.153 e. The zero-order chi connectivity index (χ0) is 9.14. The molecule has 0 aliphatic carbocycles. The van der Waals surface area contributed by atoms with E-state index in [1.165, 1.54) is 0 Å². The first-order valence-corrected chi connectivity index (χ1v) is 3.82. The van der Waals surface area contributed by atoms with E-state index in [2.05, 4.69) is 0 Å². The smallest absolute Gasteiger partial charge is 0.153 e. The minimum Gasteiger partial charge on any atom is -0.469 e. The van der Waals surface area contributed by atoms with E-state index in [4.69, 9.17) is 4.42 Å². The fraction of sp³-hybridized carbons (Fsp3) is 0.444. The maximum atomic E-state index is 10.6. The molecule has 1 heterocycles. The van der Waals surface area contributed by atoms with Gasteiger partial charge in [0, 0.05) is 12.1 Å². The Kier molecular flexibility index (Phi) is 2.65. The molecule has 0 aliphatic heterocycles. The van der Waals surface area contributed by atoms with Crippen molar-refractivity contribution in [1.29, 1.82) is 0 Å². The molecule has 0 amide bonds. The molecule has 0 saturated heterocycles. The second-order valence-electron chi connectivity index (χ2n) is 3.09. The monoisotopic (exact) mass is 167 g/mol. The molecule has 0 saturated carbocycles. The van der Waals surface area contributed by atoms with Gasteiger partial charge in [0.15, 0.2) is 6.29 Å². The van der Waals surface area contributed by atoms with E-state index >= 15 is 0 Å². The van der Waals surface area contributed by atoms with Gasteiger partial charge in [-0.1, -0.05) is 0 Å². The average molecular weight is 167 g/mol. The van der Waals surface area contributed by atoms with Gasteiger partial charge < -0.3 is 9.32 Å². The van der Waals surface area contributed by atoms with E-state index < -0.39 is 0 Å². The molecule has 0 radical (unpaired) electrons. The fourth-order valence-corrected chi connectivity index (χ4v) is 1.13. The molecule has 0 aromatic carbocycles. The van der Waals surface area contributed by atoms with Crippen molar-refractivity contribution in [3.63, 3.8) is 0 Å². The third-order valence-corrected chi connectivity index (χ3v) is 1.71. The Hall–Kier alpha value is -1.09. The summed E-state index contributed by atoms with van der Waals surface area (Å²) in [7, 11) is 3.91. The minimum absolute atomic E-state index is 0.684. The summed E-state index contributed by atoms with van der Waals surface area (Å²) in [5.74, 6) is 0.696. The highest BCUT2D eigenvalue weighted by molar-refractivity contribution is 5.78. The summed E-state index contributed by atoms with van der Waals surface area (Å²) < 4.78 is 5.13. The van der Waals surface area contributed by atoms with Gasteiger partial charge in [-0.05, 0) is 21.0 Å². The van der Waals surface area contributed by atoms with Crippen LogP contribution in [0.2, 0.25) is 0 Å². The Labute approximate surface area is 72.0 Å². The molecule has 1 rings (SSSR count). The molecule has 0 spiro atoms. The van der Waals surface area contributed by atoms with Gasteiger partial charge in [-0.25, -0.2) is 0 Å². The van der Waals surface area contributed by atoms with Crippen molar-refractivity contribution in [2.24, 2.45) is 0 Å². The number of aldehydes is 1. The number of hydrogen-bond acceptors (Lipinski definition) is 3. The Morgan fingerprint density at radius 2 is 2.25 bits per heavy atom. The minimum atomic E-state index is 0.684. The molecular weight excluding hydrogens is 154 g/mol. The van der Waals surface area contributed by atoms with Gasteiger partial charge in [-0.15, -0.1) is 0 Å². The number of aryl methyl sites for hydroxylation is 1. The summed E-state index contributed by atoms with van der Waals surface area (Å²) in [6, 6.07) is 0. The third-order valence-electron chi connectivity index (χ3n) is 1.71. The molecule has 3 heteroatoms. The predicted octanol–water partition coefficient (Wildman–Crippen LogP) is 1.46. The van der Waals surface area contributed by atoms with Gasteiger partial charge in [0.25, 0.3) is 0 Å². The summed E-state index contributed by atoms with van der Waals surface area (Å²) in [6.45, 7) is 2.54. The quantitative estimate of drug-likeness (QED) is 0.639. The lowest BCUT2D eigenvalue weighted by molar-refractivity contribution is 0.112. The highest BCUT2D eigenvalue weighted by atomic mass is 16.3. The number of carbonyl (C=O) groups is 1. The van der Waals surface area contributed by atoms with E-state index in [1.807, 2.05) is 19.0 Å². The van der Waals surface area contributed by atoms with Crippen molar-refractivity contribution in [2.45, 2.75) is 13.5 Å². The summed E-state index contributed by atoms with van der Waals surface area (Å²) in [4.78, 5) is 12.6. The molecule has 12 heavy (non-hydrogen) atoms. The van der Waals surface area contributed by atoms with Crippen LogP contribution in [0.5, 0.6) is 0 Å². The Bertz CT molecular complexity index is 276. The molecule has 1 aromatic heterocycles. The first-order valence-electron chi connectivity index (χ1n) is 3.82. The highest BCUT2D eigenvalue weighted by Gasteiger charge is 2.09. The summed E-state index contributed by atoms with van der Waals surface area (Å²) in [5.41, 5.74) is 1.64. The normalized spacial score (nSPS) is 10.7. The number of carbonyl (C=O) groups excluding carboxylic acids is 1. The van der Waals surface area contributed by atoms with Crippen LogP contribution in [0.4, 0.5) is 0 Å². The largest absolute Gasteiger partial charge is 0.469 e. The first-order chi connectivity index (χ1) is 5.65. The topological polar surface area (TPSA) is 33.5 Å². The van der Waals surface area contributed by atoms with Crippen LogP contribution in [0.1, 0.15) is 21.7 Å². The molecule has 66 valence electrons. The van der Waals surface area contributed by atoms with E-state index in [1.54, 1.807) is 13.2 Å². The summed E-state index contributed by atoms with van der Waals surface area (Å²) in [6.07, 6.45) is 2.48. The lowest BCUT2D eigenvalue weighted by atomic mass is 10.1. The van der Waals surface area contributed by atoms with Crippen LogP contribution in [-0.2, 0) is 6.54 Å². The number of hydrogen-bond donors (Lipinski definition) is 0. The number of furan rings is 1. The van der Waals surface area contributed by atoms with Crippen LogP contribution in [0.15, 0.2) is 10.7 Å². The zero-order valence-corrected chi connectivity index (χ0v) is 7.63. The average Bonchev–Trinajstić information content (AvgIpc) is 2.30. The first kappa shape index (κ1) is 9.00. The van der Waals surface area contributed by atoms with Gasteiger partial charge in [-0.2, -0.15) is 0 Å². The third kappa shape index (κ3) is 1.74. The van der Waals surface area contributed by atoms with Crippen molar-refractivity contribution >= 4 is 6.29 Å². The maximum absolute atomic E-state index is 10.6. The van der Waals surface area contributed by atoms with Crippen LogP contribution >= 0.6 is 0 Å².